The smallest absolute Gasteiger partial charge is 0.179 e. The third-order valence-electron chi connectivity index (χ3n) is 3.13. The lowest BCUT2D eigenvalue weighted by Crippen LogP contribution is -2.15. The SMILES string of the molecule is CSc1nnc(Sc2ccc(C)cc2CNC2CC2)s1. The van der Waals surface area contributed by atoms with E-state index in [4.69, 9.17) is 0 Å². The standard InChI is InChI=1S/C14H17N3S3/c1-9-3-6-12(10(7-9)8-15-11-4-5-11)19-14-17-16-13(18-2)20-14/h3,6-7,11,15H,4-5,8H2,1-2H3. The highest BCUT2D eigenvalue weighted by Crippen LogP contribution is 2.35. The number of nitrogens with zero attached hydrogens (tertiary/aromatic N) is 2. The summed E-state index contributed by atoms with van der Waals surface area (Å²) < 4.78 is 2.04. The van der Waals surface area contributed by atoms with Crippen LogP contribution >= 0.6 is 34.9 Å². The Morgan fingerprint density at radius 1 is 1.30 bits per heavy atom. The minimum Gasteiger partial charge on any atom is -0.310 e. The molecule has 2 aromatic rings. The highest BCUT2D eigenvalue weighted by Gasteiger charge is 2.20. The average molecular weight is 324 g/mol. The van der Waals surface area contributed by atoms with Gasteiger partial charge in [0.05, 0.1) is 0 Å². The summed E-state index contributed by atoms with van der Waals surface area (Å²) in [5.41, 5.74) is 2.67. The van der Waals surface area contributed by atoms with Crippen molar-refractivity contribution in [3.8, 4) is 0 Å². The van der Waals surface area contributed by atoms with Gasteiger partial charge < -0.3 is 5.32 Å². The quantitative estimate of drug-likeness (QED) is 0.814. The molecule has 1 aromatic heterocycles. The zero-order valence-corrected chi connectivity index (χ0v) is 14.0. The van der Waals surface area contributed by atoms with Crippen molar-refractivity contribution in [3.05, 3.63) is 29.3 Å². The van der Waals surface area contributed by atoms with Crippen LogP contribution in [-0.4, -0.2) is 22.5 Å². The van der Waals surface area contributed by atoms with Crippen LogP contribution in [0.2, 0.25) is 0 Å². The number of nitrogens with one attached hydrogen (secondary N) is 1. The maximum Gasteiger partial charge on any atom is 0.179 e. The van der Waals surface area contributed by atoms with Crippen molar-refractivity contribution < 1.29 is 0 Å². The fourth-order valence-electron chi connectivity index (χ4n) is 1.90. The lowest BCUT2D eigenvalue weighted by atomic mass is 10.1. The Bertz CT molecular complexity index is 593. The van der Waals surface area contributed by atoms with Crippen molar-refractivity contribution in [3.63, 3.8) is 0 Å². The van der Waals surface area contributed by atoms with Crippen molar-refractivity contribution in [2.24, 2.45) is 0 Å². The van der Waals surface area contributed by atoms with Crippen LogP contribution in [0.5, 0.6) is 0 Å². The van der Waals surface area contributed by atoms with E-state index < -0.39 is 0 Å². The second kappa shape index (κ2) is 6.47. The fraction of sp³-hybridized carbons (Fsp3) is 0.429. The predicted molar refractivity (Wildman–Crippen MR) is 86.9 cm³/mol. The zero-order chi connectivity index (χ0) is 13.9. The van der Waals surface area contributed by atoms with E-state index in [0.717, 1.165) is 21.3 Å². The zero-order valence-electron chi connectivity index (χ0n) is 11.5. The molecule has 20 heavy (non-hydrogen) atoms. The van der Waals surface area contributed by atoms with Gasteiger partial charge in [-0.1, -0.05) is 52.6 Å². The van der Waals surface area contributed by atoms with Crippen LogP contribution in [-0.2, 0) is 6.54 Å². The van der Waals surface area contributed by atoms with E-state index >= 15 is 0 Å². The lowest BCUT2D eigenvalue weighted by Gasteiger charge is -2.09. The van der Waals surface area contributed by atoms with E-state index in [1.54, 1.807) is 34.9 Å². The van der Waals surface area contributed by atoms with Gasteiger partial charge in [0, 0.05) is 17.5 Å². The van der Waals surface area contributed by atoms with Gasteiger partial charge in [-0.15, -0.1) is 10.2 Å². The molecular formula is C14H17N3S3. The normalized spacial score (nSPS) is 14.7. The summed E-state index contributed by atoms with van der Waals surface area (Å²) in [4.78, 5) is 1.28. The highest BCUT2D eigenvalue weighted by atomic mass is 32.2. The number of hydrogen-bond donors (Lipinski definition) is 1. The molecule has 1 fully saturated rings. The molecule has 3 nitrogen and oxygen atoms in total. The second-order valence-electron chi connectivity index (χ2n) is 4.91. The van der Waals surface area contributed by atoms with Crippen LogP contribution in [0.25, 0.3) is 0 Å². The summed E-state index contributed by atoms with van der Waals surface area (Å²) in [5.74, 6) is 0. The number of thioether (sulfide) groups is 1. The maximum absolute atomic E-state index is 4.24. The fourth-order valence-corrected chi connectivity index (χ4v) is 4.41. The second-order valence-corrected chi connectivity index (χ2v) is 8.23. The molecule has 0 spiro atoms. The first kappa shape index (κ1) is 14.4. The van der Waals surface area contributed by atoms with E-state index in [1.165, 1.54) is 28.9 Å². The van der Waals surface area contributed by atoms with Crippen molar-refractivity contribution in [2.45, 2.75) is 45.9 Å². The first-order valence-corrected chi connectivity index (χ1v) is 9.48. The van der Waals surface area contributed by atoms with E-state index in [0.29, 0.717) is 0 Å². The minimum absolute atomic E-state index is 0.734. The number of rotatable bonds is 6. The van der Waals surface area contributed by atoms with E-state index in [2.05, 4.69) is 40.6 Å². The maximum atomic E-state index is 4.24. The molecule has 1 aromatic carbocycles. The average Bonchev–Trinajstić information content (AvgIpc) is 3.17. The van der Waals surface area contributed by atoms with Crippen LogP contribution in [0.1, 0.15) is 24.0 Å². The highest BCUT2D eigenvalue weighted by molar-refractivity contribution is 8.03. The molecule has 0 radical (unpaired) electrons. The molecule has 0 amide bonds. The van der Waals surface area contributed by atoms with Crippen LogP contribution in [0.3, 0.4) is 0 Å². The van der Waals surface area contributed by atoms with Gasteiger partial charge in [-0.3, -0.25) is 0 Å². The van der Waals surface area contributed by atoms with Gasteiger partial charge >= 0.3 is 0 Å². The Balaban J connectivity index is 1.75. The third-order valence-corrected chi connectivity index (χ3v) is 6.20. The summed E-state index contributed by atoms with van der Waals surface area (Å²) in [6.45, 7) is 3.09. The van der Waals surface area contributed by atoms with Gasteiger partial charge in [0.2, 0.25) is 0 Å². The van der Waals surface area contributed by atoms with Gasteiger partial charge in [0.1, 0.15) is 0 Å². The summed E-state index contributed by atoms with van der Waals surface area (Å²) in [6, 6.07) is 7.37. The molecule has 0 atom stereocenters. The lowest BCUT2D eigenvalue weighted by molar-refractivity contribution is 0.680. The Kier molecular flexibility index (Phi) is 4.65. The Labute approximate surface area is 132 Å². The van der Waals surface area contributed by atoms with E-state index in [1.807, 2.05) is 6.26 Å². The molecule has 6 heteroatoms. The van der Waals surface area contributed by atoms with E-state index in [9.17, 15) is 0 Å². The first-order chi connectivity index (χ1) is 9.74. The van der Waals surface area contributed by atoms with Gasteiger partial charge in [0.25, 0.3) is 0 Å². The topological polar surface area (TPSA) is 37.8 Å². The summed E-state index contributed by atoms with van der Waals surface area (Å²) in [7, 11) is 0. The molecule has 1 aliphatic rings. The molecule has 106 valence electrons. The molecule has 1 N–H and O–H groups in total. The predicted octanol–water partition coefficient (Wildman–Crippen LogP) is 3.97. The minimum atomic E-state index is 0.734. The Morgan fingerprint density at radius 3 is 2.80 bits per heavy atom. The van der Waals surface area contributed by atoms with Gasteiger partial charge in [0.15, 0.2) is 8.68 Å². The molecule has 0 aliphatic heterocycles. The molecule has 1 saturated carbocycles. The molecule has 0 bridgehead atoms. The summed E-state index contributed by atoms with van der Waals surface area (Å²) in [6.07, 6.45) is 4.68. The van der Waals surface area contributed by atoms with Gasteiger partial charge in [-0.25, -0.2) is 0 Å². The molecule has 0 unspecified atom stereocenters. The van der Waals surface area contributed by atoms with Crippen LogP contribution in [0.15, 0.2) is 31.8 Å². The molecule has 3 rings (SSSR count). The third kappa shape index (κ3) is 3.75. The number of aryl methyl sites for hydroxylation is 1. The van der Waals surface area contributed by atoms with Crippen LogP contribution in [0, 0.1) is 6.92 Å². The summed E-state index contributed by atoms with van der Waals surface area (Å²) >= 11 is 5.03. The molecule has 0 saturated heterocycles. The molecule has 1 heterocycles. The number of hydrogen-bond acceptors (Lipinski definition) is 6. The van der Waals surface area contributed by atoms with Crippen molar-refractivity contribution in [1.29, 1.82) is 0 Å². The number of aromatic nitrogens is 2. The molecular weight excluding hydrogens is 306 g/mol. The summed E-state index contributed by atoms with van der Waals surface area (Å²) in [5, 5.41) is 12.0. The van der Waals surface area contributed by atoms with Crippen molar-refractivity contribution in [1.82, 2.24) is 15.5 Å². The van der Waals surface area contributed by atoms with E-state index in [-0.39, 0.29) is 0 Å². The van der Waals surface area contributed by atoms with Crippen LogP contribution in [0.4, 0.5) is 0 Å². The van der Waals surface area contributed by atoms with Crippen molar-refractivity contribution in [2.75, 3.05) is 6.26 Å². The first-order valence-electron chi connectivity index (χ1n) is 6.63. The van der Waals surface area contributed by atoms with Gasteiger partial charge in [-0.2, -0.15) is 0 Å². The molecule has 1 aliphatic carbocycles. The Morgan fingerprint density at radius 2 is 2.10 bits per heavy atom. The monoisotopic (exact) mass is 323 g/mol. The van der Waals surface area contributed by atoms with Crippen molar-refractivity contribution >= 4 is 34.9 Å². The van der Waals surface area contributed by atoms with Crippen LogP contribution < -0.4 is 5.32 Å². The Hall–Kier alpha value is -0.560. The van der Waals surface area contributed by atoms with Gasteiger partial charge in [-0.05, 0) is 37.7 Å². The number of benzene rings is 1. The largest absolute Gasteiger partial charge is 0.310 e.